The Kier molecular flexibility index (Phi) is 6.82. The number of hydrogen-bond donors (Lipinski definition) is 0. The lowest BCUT2D eigenvalue weighted by Gasteiger charge is -2.23. The van der Waals surface area contributed by atoms with Crippen molar-refractivity contribution in [2.24, 2.45) is 0 Å². The van der Waals surface area contributed by atoms with Gasteiger partial charge in [0.05, 0.1) is 5.56 Å². The fraction of sp³-hybridized carbons (Fsp3) is 0.350. The van der Waals surface area contributed by atoms with Crippen LogP contribution in [0.25, 0.3) is 0 Å². The first-order valence-electron chi connectivity index (χ1n) is 8.28. The van der Waals surface area contributed by atoms with E-state index >= 15 is 0 Å². The summed E-state index contributed by atoms with van der Waals surface area (Å²) in [6, 6.07) is 19.1. The molecule has 2 rings (SSSR count). The van der Waals surface area contributed by atoms with E-state index in [1.54, 1.807) is 12.1 Å². The molecule has 0 radical (unpaired) electrons. The lowest BCUT2D eigenvalue weighted by atomic mass is 10.1. The van der Waals surface area contributed by atoms with Crippen molar-refractivity contribution in [2.45, 2.75) is 26.4 Å². The second-order valence-electron chi connectivity index (χ2n) is 5.49. The first-order valence-corrected chi connectivity index (χ1v) is 8.28. The number of esters is 1. The van der Waals surface area contributed by atoms with Crippen LogP contribution < -0.4 is 0 Å². The molecule has 3 nitrogen and oxygen atoms in total. The van der Waals surface area contributed by atoms with Crippen LogP contribution in [-0.4, -0.2) is 30.5 Å². The van der Waals surface area contributed by atoms with Gasteiger partial charge in [0.25, 0.3) is 0 Å². The SMILES string of the molecule is CCN(CC)CCC(OC(=O)c1ccccc1)c1ccccc1. The molecule has 122 valence electrons. The molecular formula is C20H25NO2. The van der Waals surface area contributed by atoms with E-state index in [0.717, 1.165) is 31.6 Å². The standard InChI is InChI=1S/C20H25NO2/c1-3-21(4-2)16-15-19(17-11-7-5-8-12-17)23-20(22)18-13-9-6-10-14-18/h5-14,19H,3-4,15-16H2,1-2H3. The van der Waals surface area contributed by atoms with Crippen molar-refractivity contribution < 1.29 is 9.53 Å². The minimum absolute atomic E-state index is 0.218. The van der Waals surface area contributed by atoms with Crippen molar-refractivity contribution in [1.29, 1.82) is 0 Å². The van der Waals surface area contributed by atoms with Crippen LogP contribution in [0.1, 0.15) is 42.3 Å². The third-order valence-corrected chi connectivity index (χ3v) is 4.03. The maximum atomic E-state index is 12.4. The van der Waals surface area contributed by atoms with Crippen molar-refractivity contribution in [3.8, 4) is 0 Å². The van der Waals surface area contributed by atoms with Crippen molar-refractivity contribution in [3.05, 3.63) is 71.8 Å². The number of hydrogen-bond acceptors (Lipinski definition) is 3. The van der Waals surface area contributed by atoms with E-state index in [0.29, 0.717) is 5.56 Å². The number of carbonyl (C=O) groups is 1. The Bertz CT molecular complexity index is 579. The number of ether oxygens (including phenoxy) is 1. The van der Waals surface area contributed by atoms with Gasteiger partial charge in [0.2, 0.25) is 0 Å². The molecule has 0 aliphatic heterocycles. The second kappa shape index (κ2) is 9.11. The van der Waals surface area contributed by atoms with E-state index in [1.807, 2.05) is 48.5 Å². The van der Waals surface area contributed by atoms with Gasteiger partial charge in [0.15, 0.2) is 0 Å². The van der Waals surface area contributed by atoms with Crippen LogP contribution in [0, 0.1) is 0 Å². The molecule has 0 N–H and O–H groups in total. The Hall–Kier alpha value is -2.13. The predicted molar refractivity (Wildman–Crippen MR) is 93.4 cm³/mol. The van der Waals surface area contributed by atoms with Gasteiger partial charge < -0.3 is 9.64 Å². The van der Waals surface area contributed by atoms with Crippen molar-refractivity contribution in [1.82, 2.24) is 4.90 Å². The average Bonchev–Trinajstić information content (AvgIpc) is 2.63. The molecule has 0 amide bonds. The molecule has 1 unspecified atom stereocenters. The van der Waals surface area contributed by atoms with Crippen molar-refractivity contribution in [3.63, 3.8) is 0 Å². The van der Waals surface area contributed by atoms with E-state index < -0.39 is 0 Å². The van der Waals surface area contributed by atoms with Crippen LogP contribution in [0.15, 0.2) is 60.7 Å². The zero-order valence-electron chi connectivity index (χ0n) is 13.9. The van der Waals surface area contributed by atoms with Gasteiger partial charge in [-0.25, -0.2) is 4.79 Å². The van der Waals surface area contributed by atoms with Crippen molar-refractivity contribution in [2.75, 3.05) is 19.6 Å². The summed E-state index contributed by atoms with van der Waals surface area (Å²) in [6.07, 6.45) is 0.578. The Labute approximate surface area is 138 Å². The van der Waals surface area contributed by atoms with Gasteiger partial charge >= 0.3 is 5.97 Å². The molecule has 0 aromatic heterocycles. The number of rotatable bonds is 8. The molecule has 0 aliphatic carbocycles. The normalized spacial score (nSPS) is 12.1. The molecule has 1 atom stereocenters. The highest BCUT2D eigenvalue weighted by Crippen LogP contribution is 2.23. The van der Waals surface area contributed by atoms with Gasteiger partial charge in [-0.05, 0) is 30.8 Å². The van der Waals surface area contributed by atoms with Gasteiger partial charge in [0, 0.05) is 13.0 Å². The molecule has 0 aliphatic rings. The number of carbonyl (C=O) groups excluding carboxylic acids is 1. The highest BCUT2D eigenvalue weighted by Gasteiger charge is 2.18. The lowest BCUT2D eigenvalue weighted by molar-refractivity contribution is 0.0253. The summed E-state index contributed by atoms with van der Waals surface area (Å²) in [7, 11) is 0. The van der Waals surface area contributed by atoms with Crippen LogP contribution in [0.2, 0.25) is 0 Å². The van der Waals surface area contributed by atoms with E-state index in [9.17, 15) is 4.79 Å². The van der Waals surface area contributed by atoms with Gasteiger partial charge in [-0.3, -0.25) is 0 Å². The fourth-order valence-corrected chi connectivity index (χ4v) is 2.57. The van der Waals surface area contributed by atoms with Gasteiger partial charge in [-0.1, -0.05) is 62.4 Å². The van der Waals surface area contributed by atoms with Crippen molar-refractivity contribution >= 4 is 5.97 Å². The molecule has 0 spiro atoms. The summed E-state index contributed by atoms with van der Waals surface area (Å²) in [5.74, 6) is -0.265. The lowest BCUT2D eigenvalue weighted by Crippen LogP contribution is -2.26. The molecule has 3 heteroatoms. The molecule has 0 saturated heterocycles. The highest BCUT2D eigenvalue weighted by atomic mass is 16.5. The summed E-state index contributed by atoms with van der Waals surface area (Å²) >= 11 is 0. The Morgan fingerprint density at radius 1 is 0.957 bits per heavy atom. The van der Waals surface area contributed by atoms with E-state index in [2.05, 4.69) is 18.7 Å². The van der Waals surface area contributed by atoms with Gasteiger partial charge in [0.1, 0.15) is 6.10 Å². The van der Waals surface area contributed by atoms with Gasteiger partial charge in [-0.2, -0.15) is 0 Å². The minimum atomic E-state index is -0.265. The molecule has 23 heavy (non-hydrogen) atoms. The van der Waals surface area contributed by atoms with E-state index in [4.69, 9.17) is 4.74 Å². The van der Waals surface area contributed by atoms with E-state index in [1.165, 1.54) is 0 Å². The number of benzene rings is 2. The third-order valence-electron chi connectivity index (χ3n) is 4.03. The third kappa shape index (κ3) is 5.22. The highest BCUT2D eigenvalue weighted by molar-refractivity contribution is 5.89. The average molecular weight is 311 g/mol. The molecule has 2 aromatic rings. The first kappa shape index (κ1) is 17.2. The number of nitrogens with zero attached hydrogens (tertiary/aromatic N) is 1. The smallest absolute Gasteiger partial charge is 0.338 e. The fourth-order valence-electron chi connectivity index (χ4n) is 2.57. The Morgan fingerprint density at radius 2 is 1.52 bits per heavy atom. The van der Waals surface area contributed by atoms with E-state index in [-0.39, 0.29) is 12.1 Å². The summed E-state index contributed by atoms with van der Waals surface area (Å²) in [6.45, 7) is 7.22. The summed E-state index contributed by atoms with van der Waals surface area (Å²) < 4.78 is 5.80. The largest absolute Gasteiger partial charge is 0.454 e. The van der Waals surface area contributed by atoms with Crippen LogP contribution >= 0.6 is 0 Å². The maximum absolute atomic E-state index is 12.4. The molecular weight excluding hydrogens is 286 g/mol. The topological polar surface area (TPSA) is 29.5 Å². The maximum Gasteiger partial charge on any atom is 0.338 e. The molecule has 0 saturated carbocycles. The second-order valence-corrected chi connectivity index (χ2v) is 5.49. The quantitative estimate of drug-likeness (QED) is 0.680. The van der Waals surface area contributed by atoms with Crippen LogP contribution in [0.3, 0.4) is 0 Å². The first-order chi connectivity index (χ1) is 11.2. The van der Waals surface area contributed by atoms with Crippen LogP contribution in [0.5, 0.6) is 0 Å². The van der Waals surface area contributed by atoms with Crippen LogP contribution in [0.4, 0.5) is 0 Å². The Morgan fingerprint density at radius 3 is 2.09 bits per heavy atom. The zero-order chi connectivity index (χ0) is 16.5. The summed E-state index contributed by atoms with van der Waals surface area (Å²) in [4.78, 5) is 14.7. The van der Waals surface area contributed by atoms with Gasteiger partial charge in [-0.15, -0.1) is 0 Å². The molecule has 0 fully saturated rings. The predicted octanol–water partition coefficient (Wildman–Crippen LogP) is 4.32. The zero-order valence-corrected chi connectivity index (χ0v) is 13.9. The minimum Gasteiger partial charge on any atom is -0.454 e. The summed E-state index contributed by atoms with van der Waals surface area (Å²) in [5.41, 5.74) is 1.64. The Balaban J connectivity index is 2.09. The molecule has 0 bridgehead atoms. The monoisotopic (exact) mass is 311 g/mol. The molecule has 2 aromatic carbocycles. The van der Waals surface area contributed by atoms with Crippen LogP contribution in [-0.2, 0) is 4.74 Å². The molecule has 0 heterocycles. The summed E-state index contributed by atoms with van der Waals surface area (Å²) in [5, 5.41) is 0.